The van der Waals surface area contributed by atoms with Crippen molar-refractivity contribution in [2.75, 3.05) is 17.0 Å². The summed E-state index contributed by atoms with van der Waals surface area (Å²) in [4.78, 5) is 24.3. The molecule has 3 rings (SSSR count). The van der Waals surface area contributed by atoms with Crippen LogP contribution in [0.1, 0.15) is 0 Å². The van der Waals surface area contributed by atoms with E-state index in [1.807, 2.05) is 6.07 Å². The summed E-state index contributed by atoms with van der Waals surface area (Å²) in [5.74, 6) is 1.19. The Morgan fingerprint density at radius 1 is 1.10 bits per heavy atom. The van der Waals surface area contributed by atoms with E-state index in [1.165, 1.54) is 0 Å². The van der Waals surface area contributed by atoms with Crippen LogP contribution in [0.4, 0.5) is 16.2 Å². The van der Waals surface area contributed by atoms with Gasteiger partial charge >= 0.3 is 6.03 Å². The molecule has 1 aliphatic heterocycles. The maximum atomic E-state index is 12.2. The average molecular weight is 284 g/mol. The first kappa shape index (κ1) is 13.0. The zero-order valence-corrected chi connectivity index (χ0v) is 11.0. The van der Waals surface area contributed by atoms with Crippen LogP contribution in [0.25, 0.3) is 0 Å². The molecule has 21 heavy (non-hydrogen) atoms. The van der Waals surface area contributed by atoms with Crippen molar-refractivity contribution >= 4 is 23.8 Å². The molecule has 0 fully saturated rings. The minimum Gasteiger partial charge on any atom is -0.454 e. The van der Waals surface area contributed by atoms with Gasteiger partial charge in [0.1, 0.15) is 0 Å². The van der Waals surface area contributed by atoms with Crippen LogP contribution in [0.5, 0.6) is 11.5 Å². The molecule has 0 aromatic heterocycles. The second kappa shape index (κ2) is 5.54. The maximum Gasteiger partial charge on any atom is 0.332 e. The van der Waals surface area contributed by atoms with E-state index < -0.39 is 6.03 Å². The fraction of sp³-hybridized carbons (Fsp3) is 0.0667. The van der Waals surface area contributed by atoms with E-state index >= 15 is 0 Å². The number of hydrogen-bond acceptors (Lipinski definition) is 4. The highest BCUT2D eigenvalue weighted by molar-refractivity contribution is 6.12. The van der Waals surface area contributed by atoms with Crippen LogP contribution in [0.15, 0.2) is 48.5 Å². The lowest BCUT2D eigenvalue weighted by atomic mass is 10.2. The number of nitrogens with one attached hydrogen (secondary N) is 1. The van der Waals surface area contributed by atoms with Gasteiger partial charge in [-0.15, -0.1) is 0 Å². The number of urea groups is 1. The molecule has 6 nitrogen and oxygen atoms in total. The van der Waals surface area contributed by atoms with Crippen molar-refractivity contribution in [2.45, 2.75) is 0 Å². The molecule has 6 heteroatoms. The van der Waals surface area contributed by atoms with Gasteiger partial charge in [0.25, 0.3) is 0 Å². The number of rotatable bonds is 3. The third kappa shape index (κ3) is 2.64. The Balaban J connectivity index is 1.77. The highest BCUT2D eigenvalue weighted by Crippen LogP contribution is 2.34. The number of imide groups is 1. The Morgan fingerprint density at radius 3 is 2.62 bits per heavy atom. The minimum atomic E-state index is -0.546. The summed E-state index contributed by atoms with van der Waals surface area (Å²) in [5, 5.41) is 2.64. The van der Waals surface area contributed by atoms with E-state index in [0.29, 0.717) is 29.3 Å². The van der Waals surface area contributed by atoms with Gasteiger partial charge in [0.2, 0.25) is 13.2 Å². The molecular weight excluding hydrogens is 272 g/mol. The lowest BCUT2D eigenvalue weighted by Crippen LogP contribution is -2.33. The number of ether oxygens (including phenoxy) is 2. The first-order chi connectivity index (χ1) is 10.3. The zero-order valence-electron chi connectivity index (χ0n) is 11.0. The van der Waals surface area contributed by atoms with Crippen LogP contribution >= 0.6 is 0 Å². The number of benzene rings is 2. The van der Waals surface area contributed by atoms with Crippen LogP contribution in [0.2, 0.25) is 0 Å². The summed E-state index contributed by atoms with van der Waals surface area (Å²) in [5.41, 5.74) is 1.01. The van der Waals surface area contributed by atoms with Crippen molar-refractivity contribution in [2.24, 2.45) is 0 Å². The molecule has 0 unspecified atom stereocenters. The Kier molecular flexibility index (Phi) is 3.42. The number of para-hydroxylation sites is 1. The standard InChI is InChI=1S/C15H12N2O4/c18-9-17(12-4-2-1-3-5-12)15(19)16-11-6-7-13-14(8-11)21-10-20-13/h1-9H,10H2,(H,16,19). The highest BCUT2D eigenvalue weighted by atomic mass is 16.7. The SMILES string of the molecule is O=CN(C(=O)Nc1ccc2c(c1)OCO2)c1ccccc1. The molecule has 0 radical (unpaired) electrons. The Hall–Kier alpha value is -3.02. The van der Waals surface area contributed by atoms with Crippen LogP contribution in [0.3, 0.4) is 0 Å². The quantitative estimate of drug-likeness (QED) is 0.880. The monoisotopic (exact) mass is 284 g/mol. The Morgan fingerprint density at radius 2 is 1.86 bits per heavy atom. The molecule has 0 saturated carbocycles. The van der Waals surface area contributed by atoms with Gasteiger partial charge in [-0.2, -0.15) is 0 Å². The van der Waals surface area contributed by atoms with Crippen molar-refractivity contribution in [1.29, 1.82) is 0 Å². The topological polar surface area (TPSA) is 67.9 Å². The lowest BCUT2D eigenvalue weighted by molar-refractivity contribution is -0.106. The van der Waals surface area contributed by atoms with Gasteiger partial charge in [-0.05, 0) is 24.3 Å². The Labute approximate surface area is 120 Å². The Bertz CT molecular complexity index is 673. The second-order valence-corrected chi connectivity index (χ2v) is 4.31. The van der Waals surface area contributed by atoms with Crippen LogP contribution in [-0.4, -0.2) is 19.2 Å². The summed E-state index contributed by atoms with van der Waals surface area (Å²) in [6.07, 6.45) is 0.470. The van der Waals surface area contributed by atoms with E-state index in [0.717, 1.165) is 4.90 Å². The van der Waals surface area contributed by atoms with Gasteiger partial charge in [-0.25, -0.2) is 9.69 Å². The largest absolute Gasteiger partial charge is 0.454 e. The molecule has 0 aliphatic carbocycles. The van der Waals surface area contributed by atoms with Crippen molar-refractivity contribution in [3.63, 3.8) is 0 Å². The smallest absolute Gasteiger partial charge is 0.332 e. The zero-order chi connectivity index (χ0) is 14.7. The van der Waals surface area contributed by atoms with E-state index in [4.69, 9.17) is 9.47 Å². The lowest BCUT2D eigenvalue weighted by Gasteiger charge is -2.16. The molecule has 1 N–H and O–H groups in total. The van der Waals surface area contributed by atoms with E-state index in [-0.39, 0.29) is 6.79 Å². The molecule has 1 aliphatic rings. The summed E-state index contributed by atoms with van der Waals surface area (Å²) in [7, 11) is 0. The van der Waals surface area contributed by atoms with Gasteiger partial charge in [-0.3, -0.25) is 4.79 Å². The molecule has 2 aromatic carbocycles. The van der Waals surface area contributed by atoms with Gasteiger partial charge in [-0.1, -0.05) is 18.2 Å². The molecule has 106 valence electrons. The third-order valence-corrected chi connectivity index (χ3v) is 2.98. The summed E-state index contributed by atoms with van der Waals surface area (Å²) in [6.45, 7) is 0.164. The first-order valence-electron chi connectivity index (χ1n) is 6.28. The van der Waals surface area contributed by atoms with Crippen molar-refractivity contribution in [3.8, 4) is 11.5 Å². The van der Waals surface area contributed by atoms with Crippen molar-refractivity contribution < 1.29 is 19.1 Å². The predicted molar refractivity (Wildman–Crippen MR) is 76.6 cm³/mol. The summed E-state index contributed by atoms with van der Waals surface area (Å²) in [6, 6.07) is 13.1. The molecule has 0 atom stereocenters. The number of carbonyl (C=O) groups is 2. The van der Waals surface area contributed by atoms with Crippen molar-refractivity contribution in [3.05, 3.63) is 48.5 Å². The van der Waals surface area contributed by atoms with E-state index in [1.54, 1.807) is 42.5 Å². The molecule has 0 spiro atoms. The van der Waals surface area contributed by atoms with Crippen LogP contribution < -0.4 is 19.7 Å². The van der Waals surface area contributed by atoms with E-state index in [2.05, 4.69) is 5.32 Å². The molecular formula is C15H12N2O4. The van der Waals surface area contributed by atoms with Gasteiger partial charge in [0, 0.05) is 11.8 Å². The number of fused-ring (bicyclic) bond motifs is 1. The average Bonchev–Trinajstić information content (AvgIpc) is 2.96. The number of anilines is 2. The first-order valence-corrected chi connectivity index (χ1v) is 6.28. The van der Waals surface area contributed by atoms with Gasteiger partial charge in [0.15, 0.2) is 11.5 Å². The molecule has 2 aromatic rings. The number of carbonyl (C=O) groups excluding carboxylic acids is 2. The highest BCUT2D eigenvalue weighted by Gasteiger charge is 2.17. The van der Waals surface area contributed by atoms with Crippen molar-refractivity contribution in [1.82, 2.24) is 0 Å². The fourth-order valence-corrected chi connectivity index (χ4v) is 1.97. The summed E-state index contributed by atoms with van der Waals surface area (Å²) >= 11 is 0. The summed E-state index contributed by atoms with van der Waals surface area (Å²) < 4.78 is 10.4. The third-order valence-electron chi connectivity index (χ3n) is 2.98. The molecule has 3 amide bonds. The van der Waals surface area contributed by atoms with Gasteiger partial charge < -0.3 is 14.8 Å². The molecule has 1 heterocycles. The van der Waals surface area contributed by atoms with E-state index in [9.17, 15) is 9.59 Å². The predicted octanol–water partition coefficient (Wildman–Crippen LogP) is 2.61. The number of nitrogens with zero attached hydrogens (tertiary/aromatic N) is 1. The number of amides is 3. The van der Waals surface area contributed by atoms with Gasteiger partial charge in [0.05, 0.1) is 5.69 Å². The second-order valence-electron chi connectivity index (χ2n) is 4.31. The number of hydrogen-bond donors (Lipinski definition) is 1. The normalized spacial score (nSPS) is 11.8. The van der Waals surface area contributed by atoms with Crippen LogP contribution in [0, 0.1) is 0 Å². The molecule has 0 bridgehead atoms. The van der Waals surface area contributed by atoms with Crippen LogP contribution in [-0.2, 0) is 4.79 Å². The minimum absolute atomic E-state index is 0.164. The maximum absolute atomic E-state index is 12.2. The molecule has 0 saturated heterocycles. The fourth-order valence-electron chi connectivity index (χ4n) is 1.97.